The molecule has 2 aromatic rings. The molecule has 4 rings (SSSR count). The van der Waals surface area contributed by atoms with Gasteiger partial charge < -0.3 is 9.84 Å². The molecule has 152 valence electrons. The van der Waals surface area contributed by atoms with Gasteiger partial charge in [0.15, 0.2) is 10.9 Å². The molecule has 1 N–H and O–H groups in total. The number of nitrogens with zero attached hydrogens (tertiary/aromatic N) is 3. The van der Waals surface area contributed by atoms with E-state index in [4.69, 9.17) is 4.52 Å². The van der Waals surface area contributed by atoms with Gasteiger partial charge in [0.05, 0.1) is 5.69 Å². The summed E-state index contributed by atoms with van der Waals surface area (Å²) in [6.45, 7) is 3.83. The van der Waals surface area contributed by atoms with Gasteiger partial charge in [-0.3, -0.25) is 4.79 Å². The van der Waals surface area contributed by atoms with E-state index in [0.29, 0.717) is 42.5 Å². The molecule has 1 saturated heterocycles. The van der Waals surface area contributed by atoms with Gasteiger partial charge in [-0.1, -0.05) is 5.16 Å². The van der Waals surface area contributed by atoms with Crippen LogP contribution in [-0.4, -0.2) is 41.9 Å². The Morgan fingerprint density at radius 3 is 2.57 bits per heavy atom. The average Bonchev–Trinajstić information content (AvgIpc) is 3.24. The number of aromatic nitrogens is 2. The Bertz CT molecular complexity index is 944. The maximum atomic E-state index is 12.9. The summed E-state index contributed by atoms with van der Waals surface area (Å²) in [6.07, 6.45) is 5.34. The van der Waals surface area contributed by atoms with Crippen LogP contribution in [0.15, 0.2) is 9.42 Å². The summed E-state index contributed by atoms with van der Waals surface area (Å²) in [5.41, 5.74) is 1.48. The van der Waals surface area contributed by atoms with E-state index in [2.05, 4.69) is 15.5 Å². The molecule has 0 unspecified atom stereocenters. The van der Waals surface area contributed by atoms with E-state index in [0.717, 1.165) is 25.0 Å². The van der Waals surface area contributed by atoms with Gasteiger partial charge in [0.25, 0.3) is 0 Å². The topological polar surface area (TPSA) is 105 Å². The van der Waals surface area contributed by atoms with Crippen LogP contribution in [0.3, 0.4) is 0 Å². The molecule has 1 aliphatic heterocycles. The minimum absolute atomic E-state index is 0.0690. The Balaban J connectivity index is 1.38. The summed E-state index contributed by atoms with van der Waals surface area (Å²) >= 11 is 1.57. The molecule has 3 heterocycles. The number of amides is 1. The van der Waals surface area contributed by atoms with Crippen molar-refractivity contribution in [2.45, 2.75) is 57.3 Å². The van der Waals surface area contributed by atoms with Crippen LogP contribution in [0, 0.1) is 19.8 Å². The molecule has 28 heavy (non-hydrogen) atoms. The lowest BCUT2D eigenvalue weighted by atomic mass is 9.97. The lowest BCUT2D eigenvalue weighted by molar-refractivity contribution is -0.120. The van der Waals surface area contributed by atoms with Crippen molar-refractivity contribution < 1.29 is 17.7 Å². The quantitative estimate of drug-likeness (QED) is 0.809. The van der Waals surface area contributed by atoms with E-state index in [1.165, 1.54) is 15.6 Å². The number of aryl methyl sites for hydroxylation is 4. The molecule has 10 heteroatoms. The fraction of sp³-hybridized carbons (Fsp3) is 0.611. The van der Waals surface area contributed by atoms with Crippen molar-refractivity contribution in [2.75, 3.05) is 18.4 Å². The van der Waals surface area contributed by atoms with E-state index in [1.54, 1.807) is 25.2 Å². The monoisotopic (exact) mass is 424 g/mol. The summed E-state index contributed by atoms with van der Waals surface area (Å²) in [6, 6.07) is 0. The molecule has 1 aliphatic carbocycles. The number of rotatable bonds is 4. The normalized spacial score (nSPS) is 18.8. The van der Waals surface area contributed by atoms with Gasteiger partial charge in [0.2, 0.25) is 15.9 Å². The summed E-state index contributed by atoms with van der Waals surface area (Å²) in [5, 5.41) is 7.36. The van der Waals surface area contributed by atoms with Crippen LogP contribution in [0.25, 0.3) is 0 Å². The third-order valence-corrected chi connectivity index (χ3v) is 8.68. The fourth-order valence-corrected chi connectivity index (χ4v) is 6.76. The Hall–Kier alpha value is -1.78. The van der Waals surface area contributed by atoms with E-state index in [9.17, 15) is 13.2 Å². The van der Waals surface area contributed by atoms with Crippen molar-refractivity contribution in [1.82, 2.24) is 14.4 Å². The number of sulfonamides is 1. The second-order valence-electron chi connectivity index (χ2n) is 7.42. The molecular weight excluding hydrogens is 400 g/mol. The molecule has 0 bridgehead atoms. The third-order valence-electron chi connectivity index (χ3n) is 5.47. The molecule has 1 amide bonds. The van der Waals surface area contributed by atoms with E-state index in [1.807, 2.05) is 0 Å². The second kappa shape index (κ2) is 7.57. The zero-order valence-electron chi connectivity index (χ0n) is 16.0. The van der Waals surface area contributed by atoms with Crippen molar-refractivity contribution in [3.63, 3.8) is 0 Å². The Kier molecular flexibility index (Phi) is 5.28. The highest BCUT2D eigenvalue weighted by Gasteiger charge is 2.35. The zero-order chi connectivity index (χ0) is 19.9. The number of carbonyl (C=O) groups excluding carboxylic acids is 1. The highest BCUT2D eigenvalue weighted by Crippen LogP contribution is 2.31. The summed E-state index contributed by atoms with van der Waals surface area (Å²) in [5.74, 6) is 0.0163. The SMILES string of the molecule is Cc1noc(C)c1S(=O)(=O)N1CCC(C(=O)Nc2nc3c(s2)CCCC3)CC1. The molecule has 0 saturated carbocycles. The number of carbonyl (C=O) groups is 1. The summed E-state index contributed by atoms with van der Waals surface area (Å²) < 4.78 is 32.2. The van der Waals surface area contributed by atoms with Gasteiger partial charge in [0.1, 0.15) is 10.6 Å². The molecule has 1 fully saturated rings. The van der Waals surface area contributed by atoms with Crippen LogP contribution >= 0.6 is 11.3 Å². The first-order valence-corrected chi connectivity index (χ1v) is 11.8. The number of fused-ring (bicyclic) bond motifs is 1. The van der Waals surface area contributed by atoms with Crippen LogP contribution < -0.4 is 5.32 Å². The standard InChI is InChI=1S/C18H24N4O4S2/c1-11-16(12(2)26-21-11)28(24,25)22-9-7-13(8-10-22)17(23)20-18-19-14-5-3-4-6-15(14)27-18/h13H,3-10H2,1-2H3,(H,19,20,23). The van der Waals surface area contributed by atoms with E-state index < -0.39 is 10.0 Å². The third kappa shape index (κ3) is 3.60. The predicted octanol–water partition coefficient (Wildman–Crippen LogP) is 2.67. The van der Waals surface area contributed by atoms with Gasteiger partial charge in [-0.15, -0.1) is 11.3 Å². The molecule has 8 nitrogen and oxygen atoms in total. The first kappa shape index (κ1) is 19.5. The largest absolute Gasteiger partial charge is 0.360 e. The van der Waals surface area contributed by atoms with Gasteiger partial charge in [-0.2, -0.15) is 4.31 Å². The van der Waals surface area contributed by atoms with Crippen molar-refractivity contribution in [3.05, 3.63) is 22.0 Å². The fourth-order valence-electron chi connectivity index (χ4n) is 3.94. The van der Waals surface area contributed by atoms with Crippen LogP contribution in [0.1, 0.15) is 47.7 Å². The predicted molar refractivity (Wildman–Crippen MR) is 105 cm³/mol. The van der Waals surface area contributed by atoms with Crippen molar-refractivity contribution in [3.8, 4) is 0 Å². The lowest BCUT2D eigenvalue weighted by Crippen LogP contribution is -2.41. The van der Waals surface area contributed by atoms with Gasteiger partial charge in [-0.05, 0) is 52.4 Å². The maximum absolute atomic E-state index is 12.9. The Labute approximate surface area is 168 Å². The molecule has 0 radical (unpaired) electrons. The summed E-state index contributed by atoms with van der Waals surface area (Å²) in [7, 11) is -3.66. The van der Waals surface area contributed by atoms with Crippen LogP contribution in [0.5, 0.6) is 0 Å². The Morgan fingerprint density at radius 2 is 1.93 bits per heavy atom. The van der Waals surface area contributed by atoms with Crippen molar-refractivity contribution >= 4 is 32.4 Å². The minimum atomic E-state index is -3.66. The maximum Gasteiger partial charge on any atom is 0.248 e. The van der Waals surface area contributed by atoms with Gasteiger partial charge in [0, 0.05) is 23.9 Å². The number of hydrogen-bond acceptors (Lipinski definition) is 7. The molecule has 0 atom stereocenters. The molecule has 0 spiro atoms. The molecule has 2 aromatic heterocycles. The highest BCUT2D eigenvalue weighted by atomic mass is 32.2. The smallest absolute Gasteiger partial charge is 0.248 e. The lowest BCUT2D eigenvalue weighted by Gasteiger charge is -2.30. The van der Waals surface area contributed by atoms with E-state index >= 15 is 0 Å². The van der Waals surface area contributed by atoms with Gasteiger partial charge >= 0.3 is 0 Å². The number of piperidine rings is 1. The number of nitrogens with one attached hydrogen (secondary N) is 1. The molecule has 2 aliphatic rings. The first-order chi connectivity index (χ1) is 13.4. The number of thiazole rings is 1. The van der Waals surface area contributed by atoms with Crippen molar-refractivity contribution in [2.24, 2.45) is 5.92 Å². The van der Waals surface area contributed by atoms with Crippen LogP contribution in [0.4, 0.5) is 5.13 Å². The zero-order valence-corrected chi connectivity index (χ0v) is 17.7. The Morgan fingerprint density at radius 1 is 1.21 bits per heavy atom. The van der Waals surface area contributed by atoms with Crippen molar-refractivity contribution in [1.29, 1.82) is 0 Å². The van der Waals surface area contributed by atoms with Gasteiger partial charge in [-0.25, -0.2) is 13.4 Å². The molecular formula is C18H24N4O4S2. The minimum Gasteiger partial charge on any atom is -0.360 e. The average molecular weight is 425 g/mol. The molecule has 0 aromatic carbocycles. The second-order valence-corrected chi connectivity index (χ2v) is 10.4. The summed E-state index contributed by atoms with van der Waals surface area (Å²) in [4.78, 5) is 18.6. The van der Waals surface area contributed by atoms with E-state index in [-0.39, 0.29) is 16.7 Å². The first-order valence-electron chi connectivity index (χ1n) is 9.58. The van der Waals surface area contributed by atoms with Crippen LogP contribution in [0.2, 0.25) is 0 Å². The van der Waals surface area contributed by atoms with Crippen LogP contribution in [-0.2, 0) is 27.7 Å². The highest BCUT2D eigenvalue weighted by molar-refractivity contribution is 7.89. The number of anilines is 1. The number of hydrogen-bond donors (Lipinski definition) is 1.